The van der Waals surface area contributed by atoms with Crippen LogP contribution in [-0.2, 0) is 21.3 Å². The maximum atomic E-state index is 12.2. The number of amides is 1. The van der Waals surface area contributed by atoms with Crippen LogP contribution in [-0.4, -0.2) is 37.5 Å². The molecular formula is C14H16F3N3O2S. The van der Waals surface area contributed by atoms with Gasteiger partial charge in [-0.25, -0.2) is 4.98 Å². The van der Waals surface area contributed by atoms with E-state index in [0.29, 0.717) is 11.3 Å². The Balaban J connectivity index is 2.02. The quantitative estimate of drug-likeness (QED) is 0.899. The van der Waals surface area contributed by atoms with Crippen LogP contribution in [0.15, 0.2) is 24.4 Å². The molecule has 1 amide bonds. The number of carbonyl (C=O) groups excluding carboxylic acids is 1. The Morgan fingerprint density at radius 3 is 2.74 bits per heavy atom. The Morgan fingerprint density at radius 2 is 2.13 bits per heavy atom. The van der Waals surface area contributed by atoms with Crippen LogP contribution < -0.4 is 5.32 Å². The standard InChI is InChI=1S/C14H16F3N3O2S/c1-9-4-3-5-12-19-11(6-20(9)12)7-23(22)10(2)13(21)18-8-14(15,16)17/h3-6,10H,7-8H2,1-2H3,(H,18,21)/t10-,23+/m1/s1. The number of hydrogen-bond donors (Lipinski definition) is 1. The zero-order valence-electron chi connectivity index (χ0n) is 12.6. The lowest BCUT2D eigenvalue weighted by atomic mass is 10.4. The molecule has 1 N–H and O–H groups in total. The van der Waals surface area contributed by atoms with Gasteiger partial charge >= 0.3 is 6.18 Å². The van der Waals surface area contributed by atoms with Gasteiger partial charge in [0.15, 0.2) is 0 Å². The van der Waals surface area contributed by atoms with Crippen molar-refractivity contribution < 1.29 is 22.2 Å². The number of alkyl halides is 3. The fraction of sp³-hybridized carbons (Fsp3) is 0.429. The Morgan fingerprint density at radius 1 is 1.43 bits per heavy atom. The molecule has 2 heterocycles. The molecule has 2 rings (SSSR count). The minimum atomic E-state index is -4.49. The molecule has 0 aliphatic heterocycles. The molecule has 126 valence electrons. The van der Waals surface area contributed by atoms with Gasteiger partial charge in [-0.05, 0) is 26.0 Å². The molecule has 2 aromatic rings. The van der Waals surface area contributed by atoms with E-state index in [1.165, 1.54) is 6.92 Å². The lowest BCUT2D eigenvalue weighted by Crippen LogP contribution is -2.40. The molecule has 0 aliphatic rings. The topological polar surface area (TPSA) is 63.5 Å². The summed E-state index contributed by atoms with van der Waals surface area (Å²) in [6.45, 7) is 1.80. The minimum Gasteiger partial charge on any atom is -0.346 e. The van der Waals surface area contributed by atoms with Crippen molar-refractivity contribution in [2.45, 2.75) is 31.0 Å². The Labute approximate surface area is 133 Å². The predicted molar refractivity (Wildman–Crippen MR) is 80.3 cm³/mol. The van der Waals surface area contributed by atoms with E-state index >= 15 is 0 Å². The lowest BCUT2D eigenvalue weighted by Gasteiger charge is -2.12. The highest BCUT2D eigenvalue weighted by molar-refractivity contribution is 7.85. The van der Waals surface area contributed by atoms with Crippen molar-refractivity contribution in [3.8, 4) is 0 Å². The number of pyridine rings is 1. The molecule has 0 radical (unpaired) electrons. The maximum absolute atomic E-state index is 12.2. The largest absolute Gasteiger partial charge is 0.405 e. The van der Waals surface area contributed by atoms with Crippen LogP contribution in [0.25, 0.3) is 5.65 Å². The van der Waals surface area contributed by atoms with Crippen molar-refractivity contribution in [1.82, 2.24) is 14.7 Å². The fourth-order valence-electron chi connectivity index (χ4n) is 1.99. The van der Waals surface area contributed by atoms with Crippen LogP contribution in [0, 0.1) is 6.92 Å². The van der Waals surface area contributed by atoms with Crippen molar-refractivity contribution >= 4 is 22.4 Å². The van der Waals surface area contributed by atoms with Crippen LogP contribution in [0.1, 0.15) is 18.3 Å². The molecule has 0 saturated carbocycles. The van der Waals surface area contributed by atoms with Crippen molar-refractivity contribution in [2.24, 2.45) is 0 Å². The van der Waals surface area contributed by atoms with Crippen molar-refractivity contribution in [1.29, 1.82) is 0 Å². The van der Waals surface area contributed by atoms with E-state index in [2.05, 4.69) is 4.98 Å². The molecule has 9 heteroatoms. The fourth-order valence-corrected chi connectivity index (χ4v) is 2.99. The van der Waals surface area contributed by atoms with Crippen LogP contribution in [0.2, 0.25) is 0 Å². The first-order valence-corrected chi connectivity index (χ1v) is 8.21. The Hall–Kier alpha value is -1.90. The summed E-state index contributed by atoms with van der Waals surface area (Å²) < 4.78 is 50.2. The van der Waals surface area contributed by atoms with Crippen molar-refractivity contribution in [3.05, 3.63) is 35.8 Å². The molecule has 0 bridgehead atoms. The summed E-state index contributed by atoms with van der Waals surface area (Å²) in [6, 6.07) is 5.52. The summed E-state index contributed by atoms with van der Waals surface area (Å²) >= 11 is 0. The highest BCUT2D eigenvalue weighted by atomic mass is 32.2. The number of hydrogen-bond acceptors (Lipinski definition) is 3. The van der Waals surface area contributed by atoms with E-state index in [9.17, 15) is 22.2 Å². The van der Waals surface area contributed by atoms with E-state index < -0.39 is 34.7 Å². The first-order chi connectivity index (χ1) is 10.7. The molecule has 5 nitrogen and oxygen atoms in total. The molecular weight excluding hydrogens is 331 g/mol. The van der Waals surface area contributed by atoms with Gasteiger partial charge in [0, 0.05) is 22.7 Å². The number of carbonyl (C=O) groups is 1. The maximum Gasteiger partial charge on any atom is 0.405 e. The molecule has 0 aromatic carbocycles. The number of nitrogens with zero attached hydrogens (tertiary/aromatic N) is 2. The first-order valence-electron chi connectivity index (χ1n) is 6.82. The predicted octanol–water partition coefficient (Wildman–Crippen LogP) is 1.96. The lowest BCUT2D eigenvalue weighted by molar-refractivity contribution is -0.137. The van der Waals surface area contributed by atoms with Crippen LogP contribution in [0.5, 0.6) is 0 Å². The third kappa shape index (κ3) is 4.54. The average molecular weight is 347 g/mol. The van der Waals surface area contributed by atoms with Gasteiger partial charge in [0.05, 0.1) is 11.4 Å². The number of aromatic nitrogens is 2. The smallest absolute Gasteiger partial charge is 0.346 e. The van der Waals surface area contributed by atoms with Gasteiger partial charge < -0.3 is 9.72 Å². The molecule has 0 unspecified atom stereocenters. The van der Waals surface area contributed by atoms with Crippen LogP contribution >= 0.6 is 0 Å². The van der Waals surface area contributed by atoms with Crippen LogP contribution in [0.4, 0.5) is 13.2 Å². The van der Waals surface area contributed by atoms with Gasteiger partial charge in [-0.2, -0.15) is 13.2 Å². The van der Waals surface area contributed by atoms with Gasteiger partial charge in [-0.15, -0.1) is 0 Å². The number of fused-ring (bicyclic) bond motifs is 1. The number of imidazole rings is 1. The van der Waals surface area contributed by atoms with E-state index in [4.69, 9.17) is 0 Å². The summed E-state index contributed by atoms with van der Waals surface area (Å²) in [5.41, 5.74) is 2.15. The third-order valence-electron chi connectivity index (χ3n) is 3.26. The minimum absolute atomic E-state index is 0.00171. The zero-order chi connectivity index (χ0) is 17.2. The van der Waals surface area contributed by atoms with Gasteiger partial charge in [-0.3, -0.25) is 9.00 Å². The monoisotopic (exact) mass is 347 g/mol. The van der Waals surface area contributed by atoms with Crippen molar-refractivity contribution in [3.63, 3.8) is 0 Å². The molecule has 0 fully saturated rings. The second kappa shape index (κ2) is 6.69. The zero-order valence-corrected chi connectivity index (χ0v) is 13.4. The SMILES string of the molecule is Cc1cccc2nc(C[S@](=O)[C@H](C)C(=O)NCC(F)(F)F)cn12. The van der Waals surface area contributed by atoms with E-state index in [0.717, 1.165) is 5.69 Å². The molecule has 2 atom stereocenters. The molecule has 2 aromatic heterocycles. The van der Waals surface area contributed by atoms with Gasteiger partial charge in [0.25, 0.3) is 0 Å². The first kappa shape index (κ1) is 17.5. The number of rotatable bonds is 5. The van der Waals surface area contributed by atoms with Gasteiger partial charge in [-0.1, -0.05) is 6.07 Å². The van der Waals surface area contributed by atoms with Gasteiger partial charge in [0.1, 0.15) is 17.4 Å². The summed E-state index contributed by atoms with van der Waals surface area (Å²) in [6.07, 6.45) is -2.78. The third-order valence-corrected chi connectivity index (χ3v) is 4.85. The Kier molecular flexibility index (Phi) is 5.08. The normalized spacial score (nSPS) is 14.7. The molecule has 0 spiro atoms. The number of nitrogens with one attached hydrogen (secondary N) is 1. The highest BCUT2D eigenvalue weighted by Gasteiger charge is 2.30. The van der Waals surface area contributed by atoms with Gasteiger partial charge in [0.2, 0.25) is 5.91 Å². The second-order valence-corrected chi connectivity index (χ2v) is 6.89. The summed E-state index contributed by atoms with van der Waals surface area (Å²) in [5, 5.41) is 0.690. The highest BCUT2D eigenvalue weighted by Crippen LogP contribution is 2.14. The van der Waals surface area contributed by atoms with Crippen molar-refractivity contribution in [2.75, 3.05) is 6.54 Å². The van der Waals surface area contributed by atoms with Crippen LogP contribution in [0.3, 0.4) is 0 Å². The second-order valence-electron chi connectivity index (χ2n) is 5.13. The molecule has 23 heavy (non-hydrogen) atoms. The van der Waals surface area contributed by atoms with E-state index in [-0.39, 0.29) is 5.75 Å². The van der Waals surface area contributed by atoms with E-state index in [1.54, 1.807) is 17.6 Å². The summed E-state index contributed by atoms with van der Waals surface area (Å²) in [7, 11) is -1.66. The molecule has 0 aliphatic carbocycles. The van der Waals surface area contributed by atoms with E-state index in [1.807, 2.05) is 23.5 Å². The Bertz CT molecular complexity index is 742. The number of aryl methyl sites for hydroxylation is 1. The molecule has 0 saturated heterocycles. The summed E-state index contributed by atoms with van der Waals surface area (Å²) in [5.74, 6) is -0.887. The average Bonchev–Trinajstić information content (AvgIpc) is 2.87. The number of halogens is 3. The summed E-state index contributed by atoms with van der Waals surface area (Å²) in [4.78, 5) is 15.9.